The first kappa shape index (κ1) is 36.0. The zero-order chi connectivity index (χ0) is 38.2. The molecule has 276 valence electrons. The smallest absolute Gasteiger partial charge is 0.320 e. The van der Waals surface area contributed by atoms with Gasteiger partial charge in [-0.15, -0.1) is 23.5 Å². The highest BCUT2D eigenvalue weighted by molar-refractivity contribution is 8.10. The molecule has 4 aromatic rings. The molecule has 0 bridgehead atoms. The molecule has 2 aliphatic heterocycles. The van der Waals surface area contributed by atoms with E-state index < -0.39 is 21.6 Å². The number of carbonyl (C=O) groups excluding carboxylic acids is 4. The van der Waals surface area contributed by atoms with E-state index in [1.165, 1.54) is 34.7 Å². The predicted molar refractivity (Wildman–Crippen MR) is 224 cm³/mol. The first-order valence-electron chi connectivity index (χ1n) is 18.0. The van der Waals surface area contributed by atoms with Crippen molar-refractivity contribution in [1.29, 1.82) is 0 Å². The van der Waals surface area contributed by atoms with Gasteiger partial charge in [0.2, 0.25) is 0 Å². The number of benzene rings is 4. The molecular formula is C43H38N6O4S2. The summed E-state index contributed by atoms with van der Waals surface area (Å²) in [7, 11) is 0. The standard InChI is InChI=1S/C43H38N6O4S2/c1-42-30(24-36(54-42)38(50)46-32-20-9-11-22-34(32)48-40(52)44-26-14-5-3-6-15-26)28-18-13-19-29(28)31-25-37(55-43(31,42)2)39(51)47-33-21-10-12-23-35(33)49-41(53)45-27-16-7-4-8-17-27/h3-12,14-17,20-25H,13,18-19H2,1-2H3,(H,46,50)(H,47,51)(H2,44,48,52)(H2,45,49,53). The van der Waals surface area contributed by atoms with E-state index in [0.29, 0.717) is 43.9 Å². The van der Waals surface area contributed by atoms with Crippen LogP contribution in [0.4, 0.5) is 43.7 Å². The average molecular weight is 767 g/mol. The van der Waals surface area contributed by atoms with Gasteiger partial charge in [-0.3, -0.25) is 9.59 Å². The van der Waals surface area contributed by atoms with E-state index in [0.717, 1.165) is 30.4 Å². The fourth-order valence-electron chi connectivity index (χ4n) is 7.55. The van der Waals surface area contributed by atoms with Crippen LogP contribution in [0.1, 0.15) is 33.1 Å². The van der Waals surface area contributed by atoms with E-state index in [1.54, 1.807) is 72.8 Å². The summed E-state index contributed by atoms with van der Waals surface area (Å²) in [4.78, 5) is 54.8. The van der Waals surface area contributed by atoms with Gasteiger partial charge in [0.15, 0.2) is 0 Å². The van der Waals surface area contributed by atoms with Gasteiger partial charge in [0.25, 0.3) is 11.8 Å². The lowest BCUT2D eigenvalue weighted by atomic mass is 9.72. The highest BCUT2D eigenvalue weighted by atomic mass is 32.2. The van der Waals surface area contributed by atoms with Crippen LogP contribution in [-0.2, 0) is 9.59 Å². The van der Waals surface area contributed by atoms with Crippen LogP contribution in [0.5, 0.6) is 0 Å². The van der Waals surface area contributed by atoms with Crippen molar-refractivity contribution in [2.24, 2.45) is 0 Å². The van der Waals surface area contributed by atoms with Gasteiger partial charge in [0.05, 0.1) is 42.1 Å². The minimum absolute atomic E-state index is 0.273. The number of carbonyl (C=O) groups is 4. The molecule has 1 saturated carbocycles. The molecule has 2 aliphatic carbocycles. The van der Waals surface area contributed by atoms with Crippen molar-refractivity contribution < 1.29 is 19.2 Å². The molecule has 4 aromatic carbocycles. The number of fused-ring (bicyclic) bond motifs is 4. The molecule has 6 amide bonds. The van der Waals surface area contributed by atoms with Crippen molar-refractivity contribution in [2.75, 3.05) is 31.9 Å². The predicted octanol–water partition coefficient (Wildman–Crippen LogP) is 10.1. The van der Waals surface area contributed by atoms with Crippen LogP contribution in [0.3, 0.4) is 0 Å². The number of amides is 6. The van der Waals surface area contributed by atoms with E-state index in [2.05, 4.69) is 45.7 Å². The summed E-state index contributed by atoms with van der Waals surface area (Å²) in [6, 6.07) is 31.6. The molecule has 2 atom stereocenters. The Bertz CT molecular complexity index is 2210. The Labute approximate surface area is 327 Å². The zero-order valence-electron chi connectivity index (χ0n) is 30.1. The summed E-state index contributed by atoms with van der Waals surface area (Å²) in [5.74, 6) is -0.545. The SMILES string of the molecule is CC12SC(C(=O)Nc3ccccc3NC(=O)Nc3ccccc3)=CC1=C1CCCC1=C1C=C(C(=O)Nc3ccccc3NC(=O)Nc3ccccc3)SC12C. The number of allylic oxidation sites excluding steroid dienone is 4. The lowest BCUT2D eigenvalue weighted by Gasteiger charge is -2.47. The topological polar surface area (TPSA) is 140 Å². The second kappa shape index (κ2) is 14.7. The van der Waals surface area contributed by atoms with Gasteiger partial charge in [0.1, 0.15) is 0 Å². The van der Waals surface area contributed by atoms with Crippen LogP contribution in [0.25, 0.3) is 0 Å². The average Bonchev–Trinajstić information content (AvgIpc) is 3.90. The Morgan fingerprint density at radius 2 is 0.818 bits per heavy atom. The highest BCUT2D eigenvalue weighted by Crippen LogP contribution is 2.68. The number of thioether (sulfide) groups is 2. The summed E-state index contributed by atoms with van der Waals surface area (Å²) in [5.41, 5.74) is 7.93. The molecule has 55 heavy (non-hydrogen) atoms. The highest BCUT2D eigenvalue weighted by Gasteiger charge is 2.60. The number of para-hydroxylation sites is 6. The molecule has 0 radical (unpaired) electrons. The summed E-state index contributed by atoms with van der Waals surface area (Å²) < 4.78 is -1.10. The van der Waals surface area contributed by atoms with Gasteiger partial charge < -0.3 is 31.9 Å². The molecular weight excluding hydrogens is 729 g/mol. The fourth-order valence-corrected chi connectivity index (χ4v) is 10.5. The van der Waals surface area contributed by atoms with Crippen LogP contribution in [0.2, 0.25) is 0 Å². The zero-order valence-corrected chi connectivity index (χ0v) is 31.8. The van der Waals surface area contributed by atoms with Gasteiger partial charge in [-0.25, -0.2) is 9.59 Å². The van der Waals surface area contributed by atoms with E-state index in [1.807, 2.05) is 48.6 Å². The number of anilines is 6. The molecule has 0 spiro atoms. The second-order valence-corrected chi connectivity index (χ2v) is 16.7. The van der Waals surface area contributed by atoms with Crippen molar-refractivity contribution in [3.05, 3.63) is 153 Å². The number of nitrogens with one attached hydrogen (secondary N) is 6. The molecule has 8 rings (SSSR count). The fraction of sp³-hybridized carbons (Fsp3) is 0.163. The summed E-state index contributed by atoms with van der Waals surface area (Å²) in [6.45, 7) is 4.34. The molecule has 10 nitrogen and oxygen atoms in total. The van der Waals surface area contributed by atoms with Crippen LogP contribution >= 0.6 is 23.5 Å². The quantitative estimate of drug-likeness (QED) is 0.106. The minimum Gasteiger partial charge on any atom is -0.320 e. The normalized spacial score (nSPS) is 20.7. The second-order valence-electron chi connectivity index (χ2n) is 13.8. The van der Waals surface area contributed by atoms with Crippen molar-refractivity contribution >= 4 is 81.5 Å². The van der Waals surface area contributed by atoms with Crippen molar-refractivity contribution in [2.45, 2.75) is 42.6 Å². The molecule has 2 heterocycles. The number of urea groups is 2. The van der Waals surface area contributed by atoms with Gasteiger partial charge in [-0.05, 0) is 116 Å². The van der Waals surface area contributed by atoms with Crippen molar-refractivity contribution in [3.8, 4) is 0 Å². The van der Waals surface area contributed by atoms with Crippen molar-refractivity contribution in [3.63, 3.8) is 0 Å². The molecule has 12 heteroatoms. The first-order chi connectivity index (χ1) is 26.6. The third kappa shape index (κ3) is 6.94. The summed E-state index contributed by atoms with van der Waals surface area (Å²) in [6.07, 6.45) is 6.83. The lowest BCUT2D eigenvalue weighted by Crippen LogP contribution is -2.47. The molecule has 2 unspecified atom stereocenters. The van der Waals surface area contributed by atoms with Crippen molar-refractivity contribution in [1.82, 2.24) is 0 Å². The maximum absolute atomic E-state index is 14.0. The summed E-state index contributed by atoms with van der Waals surface area (Å²) >= 11 is 3.03. The number of hydrogen-bond donors (Lipinski definition) is 6. The third-order valence-electron chi connectivity index (χ3n) is 10.3. The Hall–Kier alpha value is -5.98. The number of hydrogen-bond acceptors (Lipinski definition) is 6. The molecule has 4 aliphatic rings. The van der Waals surface area contributed by atoms with Crippen LogP contribution in [0, 0.1) is 0 Å². The Morgan fingerprint density at radius 3 is 1.20 bits per heavy atom. The maximum Gasteiger partial charge on any atom is 0.323 e. The Morgan fingerprint density at radius 1 is 0.473 bits per heavy atom. The van der Waals surface area contributed by atoms with E-state index in [9.17, 15) is 19.2 Å². The van der Waals surface area contributed by atoms with Gasteiger partial charge >= 0.3 is 12.1 Å². The minimum atomic E-state index is -0.552. The maximum atomic E-state index is 14.0. The molecule has 0 aromatic heterocycles. The van der Waals surface area contributed by atoms with E-state index >= 15 is 0 Å². The molecule has 0 saturated heterocycles. The molecule has 1 fully saturated rings. The lowest BCUT2D eigenvalue weighted by molar-refractivity contribution is -0.113. The van der Waals surface area contributed by atoms with Gasteiger partial charge in [-0.2, -0.15) is 0 Å². The summed E-state index contributed by atoms with van der Waals surface area (Å²) in [5, 5.41) is 17.4. The van der Waals surface area contributed by atoms with Crippen LogP contribution < -0.4 is 31.9 Å². The Kier molecular flexibility index (Phi) is 9.62. The first-order valence-corrected chi connectivity index (χ1v) is 19.6. The molecule has 6 N–H and O–H groups in total. The van der Waals surface area contributed by atoms with E-state index in [-0.39, 0.29) is 11.8 Å². The number of rotatable bonds is 8. The van der Waals surface area contributed by atoms with Crippen LogP contribution in [0.15, 0.2) is 153 Å². The monoisotopic (exact) mass is 766 g/mol. The third-order valence-corrected chi connectivity index (χ3v) is 13.6. The van der Waals surface area contributed by atoms with Crippen LogP contribution in [-0.4, -0.2) is 33.4 Å². The van der Waals surface area contributed by atoms with Gasteiger partial charge in [-0.1, -0.05) is 60.7 Å². The van der Waals surface area contributed by atoms with E-state index in [4.69, 9.17) is 0 Å². The Balaban J connectivity index is 0.990. The largest absolute Gasteiger partial charge is 0.323 e. The van der Waals surface area contributed by atoms with Gasteiger partial charge in [0, 0.05) is 11.4 Å².